The van der Waals surface area contributed by atoms with Crippen LogP contribution in [0.1, 0.15) is 17.3 Å². The molecule has 0 radical (unpaired) electrons. The maximum absolute atomic E-state index is 12.4. The molecule has 0 bridgehead atoms. The lowest BCUT2D eigenvalue weighted by atomic mass is 10.1. The van der Waals surface area contributed by atoms with E-state index in [2.05, 4.69) is 5.32 Å². The molecule has 0 aromatic heterocycles. The maximum Gasteiger partial charge on any atom is 0.296 e. The number of hydrogen-bond acceptors (Lipinski definition) is 7. The lowest BCUT2D eigenvalue weighted by Gasteiger charge is -2.18. The van der Waals surface area contributed by atoms with Crippen LogP contribution in [0, 0.1) is 10.1 Å². The summed E-state index contributed by atoms with van der Waals surface area (Å²) in [6, 6.07) is 9.42. The van der Waals surface area contributed by atoms with E-state index in [1.54, 1.807) is 31.2 Å². The Morgan fingerprint density at radius 2 is 1.96 bits per heavy atom. The number of fused-ring (bicyclic) bond motifs is 1. The molecule has 1 N–H and O–H groups in total. The molecule has 136 valence electrons. The van der Waals surface area contributed by atoms with Crippen LogP contribution in [0.15, 0.2) is 36.4 Å². The molecule has 8 heteroatoms. The van der Waals surface area contributed by atoms with Gasteiger partial charge in [0.1, 0.15) is 24.7 Å². The van der Waals surface area contributed by atoms with Crippen molar-refractivity contribution in [1.82, 2.24) is 0 Å². The third-order valence-corrected chi connectivity index (χ3v) is 3.78. The van der Waals surface area contributed by atoms with Gasteiger partial charge in [-0.05, 0) is 37.3 Å². The Morgan fingerprint density at radius 1 is 1.19 bits per heavy atom. The van der Waals surface area contributed by atoms with E-state index in [1.807, 2.05) is 0 Å². The summed E-state index contributed by atoms with van der Waals surface area (Å²) in [5.41, 5.74) is 0.547. The van der Waals surface area contributed by atoms with Crippen LogP contribution in [0.3, 0.4) is 0 Å². The predicted octanol–water partition coefficient (Wildman–Crippen LogP) is 3.06. The average molecular weight is 358 g/mol. The SMILES string of the molecule is CCOc1ccc(NCC(=O)c2ccc3c(c2)OCCO3)c([N+](=O)[O-])c1. The Kier molecular flexibility index (Phi) is 5.21. The highest BCUT2D eigenvalue weighted by atomic mass is 16.6. The van der Waals surface area contributed by atoms with Crippen molar-refractivity contribution in [2.75, 3.05) is 31.7 Å². The van der Waals surface area contributed by atoms with Crippen molar-refractivity contribution in [3.63, 3.8) is 0 Å². The zero-order valence-electron chi connectivity index (χ0n) is 14.2. The second-order valence-electron chi connectivity index (χ2n) is 5.50. The van der Waals surface area contributed by atoms with E-state index < -0.39 is 4.92 Å². The van der Waals surface area contributed by atoms with Gasteiger partial charge in [-0.1, -0.05) is 0 Å². The highest BCUT2D eigenvalue weighted by molar-refractivity contribution is 5.99. The number of carbonyl (C=O) groups is 1. The molecule has 0 atom stereocenters. The standard InChI is InChI=1S/C18H18N2O6/c1-2-24-13-4-5-14(15(10-13)20(22)23)19-11-16(21)12-3-6-17-18(9-12)26-8-7-25-17/h3-6,9-10,19H,2,7-8,11H2,1H3. The zero-order valence-corrected chi connectivity index (χ0v) is 14.2. The van der Waals surface area contributed by atoms with Crippen molar-refractivity contribution in [3.05, 3.63) is 52.1 Å². The summed E-state index contributed by atoms with van der Waals surface area (Å²) < 4.78 is 16.2. The molecule has 0 saturated carbocycles. The van der Waals surface area contributed by atoms with Gasteiger partial charge in [0.05, 0.1) is 24.1 Å². The van der Waals surface area contributed by atoms with Gasteiger partial charge in [0, 0.05) is 5.56 Å². The van der Waals surface area contributed by atoms with Crippen molar-refractivity contribution in [2.24, 2.45) is 0 Å². The highest BCUT2D eigenvalue weighted by Gasteiger charge is 2.18. The Hall–Kier alpha value is -3.29. The number of ether oxygens (including phenoxy) is 3. The van der Waals surface area contributed by atoms with E-state index in [9.17, 15) is 14.9 Å². The lowest BCUT2D eigenvalue weighted by molar-refractivity contribution is -0.384. The largest absolute Gasteiger partial charge is 0.494 e. The molecule has 26 heavy (non-hydrogen) atoms. The molecular weight excluding hydrogens is 340 g/mol. The minimum Gasteiger partial charge on any atom is -0.494 e. The average Bonchev–Trinajstić information content (AvgIpc) is 2.66. The molecule has 2 aromatic rings. The lowest BCUT2D eigenvalue weighted by Crippen LogP contribution is -2.18. The number of nitro benzene ring substituents is 1. The minimum absolute atomic E-state index is 0.0888. The number of Topliss-reactive ketones (excluding diaryl/α,β-unsaturated/α-hetero) is 1. The van der Waals surface area contributed by atoms with E-state index in [0.29, 0.717) is 42.6 Å². The number of nitro groups is 1. The van der Waals surface area contributed by atoms with Crippen molar-refractivity contribution in [1.29, 1.82) is 0 Å². The summed E-state index contributed by atoms with van der Waals surface area (Å²) in [5.74, 6) is 1.31. The van der Waals surface area contributed by atoms with Gasteiger partial charge in [-0.25, -0.2) is 0 Å². The van der Waals surface area contributed by atoms with Gasteiger partial charge >= 0.3 is 0 Å². The third kappa shape index (κ3) is 3.85. The van der Waals surface area contributed by atoms with Crippen molar-refractivity contribution < 1.29 is 23.9 Å². The number of nitrogens with one attached hydrogen (secondary N) is 1. The maximum atomic E-state index is 12.4. The second kappa shape index (κ2) is 7.73. The van der Waals surface area contributed by atoms with E-state index in [4.69, 9.17) is 14.2 Å². The van der Waals surface area contributed by atoms with E-state index in [0.717, 1.165) is 0 Å². The fourth-order valence-corrected chi connectivity index (χ4v) is 2.56. The summed E-state index contributed by atoms with van der Waals surface area (Å²) in [7, 11) is 0. The van der Waals surface area contributed by atoms with Gasteiger partial charge < -0.3 is 19.5 Å². The first-order valence-electron chi connectivity index (χ1n) is 8.16. The number of benzene rings is 2. The van der Waals surface area contributed by atoms with Crippen molar-refractivity contribution >= 4 is 17.2 Å². The van der Waals surface area contributed by atoms with E-state index >= 15 is 0 Å². The Morgan fingerprint density at radius 3 is 2.69 bits per heavy atom. The molecule has 0 saturated heterocycles. The van der Waals surface area contributed by atoms with Gasteiger partial charge in [-0.15, -0.1) is 0 Å². The fraction of sp³-hybridized carbons (Fsp3) is 0.278. The number of rotatable bonds is 7. The first kappa shape index (κ1) is 17.5. The Bertz CT molecular complexity index is 836. The Labute approximate surface area is 149 Å². The summed E-state index contributed by atoms with van der Waals surface area (Å²) in [5, 5.41) is 14.1. The van der Waals surface area contributed by atoms with E-state index in [1.165, 1.54) is 12.1 Å². The van der Waals surface area contributed by atoms with Crippen LogP contribution in [0.25, 0.3) is 0 Å². The van der Waals surface area contributed by atoms with Crippen molar-refractivity contribution in [3.8, 4) is 17.2 Å². The van der Waals surface area contributed by atoms with Crippen LogP contribution in [-0.4, -0.2) is 37.1 Å². The van der Waals surface area contributed by atoms with Gasteiger partial charge in [0.25, 0.3) is 5.69 Å². The smallest absolute Gasteiger partial charge is 0.296 e. The summed E-state index contributed by atoms with van der Waals surface area (Å²) in [6.07, 6.45) is 0. The van der Waals surface area contributed by atoms with Crippen LogP contribution in [0.4, 0.5) is 11.4 Å². The predicted molar refractivity (Wildman–Crippen MR) is 94.5 cm³/mol. The molecule has 1 heterocycles. The minimum atomic E-state index is -0.514. The number of hydrogen-bond donors (Lipinski definition) is 1. The van der Waals surface area contributed by atoms with Gasteiger partial charge in [-0.2, -0.15) is 0 Å². The molecule has 3 rings (SSSR count). The number of nitrogens with zero attached hydrogens (tertiary/aromatic N) is 1. The van der Waals surface area contributed by atoms with Crippen LogP contribution >= 0.6 is 0 Å². The molecule has 8 nitrogen and oxygen atoms in total. The molecule has 0 spiro atoms. The molecular formula is C18H18N2O6. The molecule has 2 aromatic carbocycles. The molecule has 1 aliphatic rings. The molecule has 1 aliphatic heterocycles. The van der Waals surface area contributed by atoms with Crippen LogP contribution < -0.4 is 19.5 Å². The van der Waals surface area contributed by atoms with Gasteiger partial charge in [0.15, 0.2) is 17.3 Å². The number of anilines is 1. The van der Waals surface area contributed by atoms with Gasteiger partial charge in [-0.3, -0.25) is 14.9 Å². The zero-order chi connectivity index (χ0) is 18.5. The molecule has 0 fully saturated rings. The first-order valence-corrected chi connectivity index (χ1v) is 8.16. The first-order chi connectivity index (χ1) is 12.6. The van der Waals surface area contributed by atoms with Crippen LogP contribution in [0.5, 0.6) is 17.2 Å². The number of carbonyl (C=O) groups excluding carboxylic acids is 1. The molecule has 0 aliphatic carbocycles. The monoisotopic (exact) mass is 358 g/mol. The van der Waals surface area contributed by atoms with Gasteiger partial charge in [0.2, 0.25) is 0 Å². The topological polar surface area (TPSA) is 99.9 Å². The summed E-state index contributed by atoms with van der Waals surface area (Å²) >= 11 is 0. The third-order valence-electron chi connectivity index (χ3n) is 3.78. The van der Waals surface area contributed by atoms with Crippen LogP contribution in [0.2, 0.25) is 0 Å². The summed E-state index contributed by atoms with van der Waals surface area (Å²) in [6.45, 7) is 3.02. The fourth-order valence-electron chi connectivity index (χ4n) is 2.56. The second-order valence-corrected chi connectivity index (χ2v) is 5.50. The highest BCUT2D eigenvalue weighted by Crippen LogP contribution is 2.31. The van der Waals surface area contributed by atoms with Crippen molar-refractivity contribution in [2.45, 2.75) is 6.92 Å². The number of ketones is 1. The molecule has 0 amide bonds. The summed E-state index contributed by atoms with van der Waals surface area (Å²) in [4.78, 5) is 23.1. The van der Waals surface area contributed by atoms with E-state index in [-0.39, 0.29) is 23.7 Å². The molecule has 0 unspecified atom stereocenters. The normalized spacial score (nSPS) is 12.3. The van der Waals surface area contributed by atoms with Crippen LogP contribution in [-0.2, 0) is 0 Å². The Balaban J connectivity index is 1.72. The quantitative estimate of drug-likeness (QED) is 0.461.